The number of hydrogen-bond acceptors (Lipinski definition) is 5. The number of carbonyl (C=O) groups excluding carboxylic acids is 5. The first-order valence-corrected chi connectivity index (χ1v) is 14.1. The minimum absolute atomic E-state index is 0.0704. The predicted octanol–water partition coefficient (Wildman–Crippen LogP) is 5.94. The summed E-state index contributed by atoms with van der Waals surface area (Å²) in [6.45, 7) is 6.87. The van der Waals surface area contributed by atoms with Crippen LogP contribution in [0.25, 0.3) is 0 Å². The normalized spacial score (nSPS) is 21.9. The first-order valence-electron chi connectivity index (χ1n) is 14.1. The molecular formula is C35H28N2O5. The second-order valence-corrected chi connectivity index (χ2v) is 12.4. The fourth-order valence-electron chi connectivity index (χ4n) is 7.30. The van der Waals surface area contributed by atoms with Crippen LogP contribution in [0.5, 0.6) is 0 Å². The van der Waals surface area contributed by atoms with Crippen LogP contribution < -0.4 is 10.2 Å². The monoisotopic (exact) mass is 556 g/mol. The maximum absolute atomic E-state index is 13.5. The lowest BCUT2D eigenvalue weighted by atomic mass is 9.72. The number of allylic oxidation sites excluding steroid dienone is 4. The smallest absolute Gasteiger partial charge is 0.266 e. The van der Waals surface area contributed by atoms with E-state index in [1.165, 1.54) is 47.5 Å². The quantitative estimate of drug-likeness (QED) is 0.317. The van der Waals surface area contributed by atoms with Gasteiger partial charge in [0.1, 0.15) is 0 Å². The van der Waals surface area contributed by atoms with Crippen LogP contribution >= 0.6 is 0 Å². The lowest BCUT2D eigenvalue weighted by Crippen LogP contribution is -2.29. The topological polar surface area (TPSA) is 101 Å². The summed E-state index contributed by atoms with van der Waals surface area (Å²) in [5.74, 6) is -2.41. The van der Waals surface area contributed by atoms with Gasteiger partial charge in [-0.15, -0.1) is 0 Å². The molecule has 0 radical (unpaired) electrons. The first-order chi connectivity index (χ1) is 20.0. The van der Waals surface area contributed by atoms with E-state index in [4.69, 9.17) is 0 Å². The fraction of sp³-hybridized carbons (Fsp3) is 0.229. The Hall–Kier alpha value is -4.91. The number of rotatable bonds is 4. The number of benzene rings is 3. The number of hydrogen-bond donors (Lipinski definition) is 1. The zero-order valence-electron chi connectivity index (χ0n) is 23.5. The Morgan fingerprint density at radius 3 is 2.10 bits per heavy atom. The molecule has 0 spiro atoms. The van der Waals surface area contributed by atoms with Gasteiger partial charge in [0.05, 0.1) is 27.9 Å². The maximum Gasteiger partial charge on any atom is 0.266 e. The van der Waals surface area contributed by atoms with E-state index in [2.05, 4.69) is 38.2 Å². The molecule has 208 valence electrons. The van der Waals surface area contributed by atoms with E-state index in [0.29, 0.717) is 5.69 Å². The Labute approximate surface area is 242 Å². The third-order valence-electron chi connectivity index (χ3n) is 9.27. The van der Waals surface area contributed by atoms with Crippen molar-refractivity contribution in [2.75, 3.05) is 4.90 Å². The minimum Gasteiger partial charge on any atom is -0.289 e. The summed E-state index contributed by atoms with van der Waals surface area (Å²) < 4.78 is 0. The summed E-state index contributed by atoms with van der Waals surface area (Å²) >= 11 is 0. The van der Waals surface area contributed by atoms with Crippen LogP contribution in [0.2, 0.25) is 0 Å². The lowest BCUT2D eigenvalue weighted by Gasteiger charge is -2.31. The Kier molecular flexibility index (Phi) is 5.45. The lowest BCUT2D eigenvalue weighted by molar-refractivity contribution is 0.0874. The van der Waals surface area contributed by atoms with Crippen LogP contribution in [-0.2, 0) is 5.41 Å². The second-order valence-electron chi connectivity index (χ2n) is 12.4. The van der Waals surface area contributed by atoms with Crippen molar-refractivity contribution in [2.24, 2.45) is 5.41 Å². The number of amides is 4. The van der Waals surface area contributed by atoms with Crippen molar-refractivity contribution in [3.63, 3.8) is 0 Å². The van der Waals surface area contributed by atoms with Crippen molar-refractivity contribution in [1.82, 2.24) is 5.32 Å². The summed E-state index contributed by atoms with van der Waals surface area (Å²) in [4.78, 5) is 65.2. The first kappa shape index (κ1) is 26.0. The molecule has 1 unspecified atom stereocenters. The molecule has 2 aliphatic heterocycles. The van der Waals surface area contributed by atoms with Crippen LogP contribution in [0.15, 0.2) is 84.0 Å². The molecule has 2 aliphatic carbocycles. The number of carbonyl (C=O) groups is 5. The van der Waals surface area contributed by atoms with Crippen molar-refractivity contribution in [1.29, 1.82) is 0 Å². The Balaban J connectivity index is 1.17. The molecule has 0 saturated carbocycles. The number of nitrogens with zero attached hydrogens (tertiary/aromatic N) is 1. The van der Waals surface area contributed by atoms with Gasteiger partial charge in [-0.3, -0.25) is 29.3 Å². The molecule has 4 aliphatic rings. The molecule has 0 aromatic heterocycles. The van der Waals surface area contributed by atoms with Crippen LogP contribution in [0.3, 0.4) is 0 Å². The Morgan fingerprint density at radius 2 is 1.38 bits per heavy atom. The number of nitrogens with one attached hydrogen (secondary N) is 1. The average molecular weight is 557 g/mol. The van der Waals surface area contributed by atoms with E-state index in [9.17, 15) is 24.0 Å². The van der Waals surface area contributed by atoms with Crippen molar-refractivity contribution in [2.45, 2.75) is 45.4 Å². The number of ketones is 1. The third kappa shape index (κ3) is 3.62. The maximum atomic E-state index is 13.5. The van der Waals surface area contributed by atoms with Gasteiger partial charge in [-0.25, -0.2) is 4.90 Å². The highest BCUT2D eigenvalue weighted by atomic mass is 16.2. The molecule has 1 atom stereocenters. The van der Waals surface area contributed by atoms with E-state index in [-0.39, 0.29) is 44.2 Å². The molecule has 0 saturated heterocycles. The Morgan fingerprint density at radius 1 is 0.762 bits per heavy atom. The summed E-state index contributed by atoms with van der Waals surface area (Å²) in [5, 5.41) is 2.21. The van der Waals surface area contributed by atoms with Crippen LogP contribution in [-0.4, -0.2) is 29.4 Å². The van der Waals surface area contributed by atoms with Crippen molar-refractivity contribution < 1.29 is 24.0 Å². The molecule has 7 nitrogen and oxygen atoms in total. The molecule has 3 aromatic rings. The average Bonchev–Trinajstić information content (AvgIpc) is 3.51. The van der Waals surface area contributed by atoms with Gasteiger partial charge < -0.3 is 0 Å². The predicted molar refractivity (Wildman–Crippen MR) is 157 cm³/mol. The number of imide groups is 2. The van der Waals surface area contributed by atoms with Crippen LogP contribution in [0, 0.1) is 5.41 Å². The highest BCUT2D eigenvalue weighted by Crippen LogP contribution is 2.57. The molecular weight excluding hydrogens is 528 g/mol. The van der Waals surface area contributed by atoms with Gasteiger partial charge in [0, 0.05) is 16.5 Å². The third-order valence-corrected chi connectivity index (χ3v) is 9.27. The van der Waals surface area contributed by atoms with Gasteiger partial charge in [0.15, 0.2) is 5.78 Å². The summed E-state index contributed by atoms with van der Waals surface area (Å²) in [6.07, 6.45) is 7.58. The highest BCUT2D eigenvalue weighted by molar-refractivity contribution is 6.35. The zero-order chi connectivity index (χ0) is 29.6. The van der Waals surface area contributed by atoms with Crippen molar-refractivity contribution in [3.8, 4) is 0 Å². The van der Waals surface area contributed by atoms with Gasteiger partial charge in [0.25, 0.3) is 23.6 Å². The summed E-state index contributed by atoms with van der Waals surface area (Å²) in [7, 11) is 0. The number of anilines is 1. The summed E-state index contributed by atoms with van der Waals surface area (Å²) in [6, 6.07) is 16.4. The summed E-state index contributed by atoms with van der Waals surface area (Å²) in [5.41, 5.74) is 5.62. The molecule has 7 rings (SSSR count). The SMILES string of the molecule is CC1(C)CC(C)(c2ccc(N3C(=O)c4ccc(C(=O)c5ccc6c(c5)C(=O)NC6=O)cc4C3=O)cc2)C2=C1C=CCC2. The second kappa shape index (κ2) is 8.79. The highest BCUT2D eigenvalue weighted by Gasteiger charge is 2.47. The van der Waals surface area contributed by atoms with Crippen LogP contribution in [0.4, 0.5) is 5.69 Å². The molecule has 4 amide bonds. The van der Waals surface area contributed by atoms with Crippen molar-refractivity contribution in [3.05, 3.63) is 123 Å². The van der Waals surface area contributed by atoms with E-state index in [1.807, 2.05) is 24.3 Å². The van der Waals surface area contributed by atoms with Gasteiger partial charge in [-0.1, -0.05) is 62.8 Å². The molecule has 3 aromatic carbocycles. The fourth-order valence-corrected chi connectivity index (χ4v) is 7.30. The largest absolute Gasteiger partial charge is 0.289 e. The van der Waals surface area contributed by atoms with E-state index < -0.39 is 29.4 Å². The van der Waals surface area contributed by atoms with E-state index >= 15 is 0 Å². The van der Waals surface area contributed by atoms with E-state index in [1.54, 1.807) is 0 Å². The van der Waals surface area contributed by atoms with Gasteiger partial charge in [-0.05, 0) is 72.2 Å². The molecule has 42 heavy (non-hydrogen) atoms. The van der Waals surface area contributed by atoms with Gasteiger partial charge >= 0.3 is 0 Å². The van der Waals surface area contributed by atoms with Crippen molar-refractivity contribution >= 4 is 35.1 Å². The zero-order valence-corrected chi connectivity index (χ0v) is 23.5. The standard InChI is InChI=1S/C35H28N2O5/c1-34(2)18-35(3,28-7-5-4-6-27(28)34)21-10-12-22(13-11-21)37-32(41)24-15-9-20(17-26(24)33(37)42)29(38)19-8-14-23-25(16-19)31(40)36-30(23)39/h4,6,8-17H,5,7,18H2,1-3H3,(H,36,39,40). The molecule has 7 heteroatoms. The van der Waals surface area contributed by atoms with Crippen LogP contribution in [0.1, 0.15) is 103 Å². The number of fused-ring (bicyclic) bond motifs is 2. The molecule has 1 N–H and O–H groups in total. The minimum atomic E-state index is -0.556. The molecule has 0 fully saturated rings. The molecule has 2 heterocycles. The Bertz CT molecular complexity index is 1860. The van der Waals surface area contributed by atoms with Gasteiger partial charge in [-0.2, -0.15) is 0 Å². The van der Waals surface area contributed by atoms with Gasteiger partial charge in [0.2, 0.25) is 0 Å². The molecule has 0 bridgehead atoms. The van der Waals surface area contributed by atoms with E-state index in [0.717, 1.165) is 29.7 Å².